The second-order valence-corrected chi connectivity index (χ2v) is 7.89. The minimum absolute atomic E-state index is 0.0156. The molecule has 2 aliphatic heterocycles. The lowest BCUT2D eigenvalue weighted by atomic mass is 9.73. The van der Waals surface area contributed by atoms with Crippen molar-refractivity contribution in [1.82, 2.24) is 15.1 Å². The summed E-state index contributed by atoms with van der Waals surface area (Å²) >= 11 is 0. The topological polar surface area (TPSA) is 65.0 Å². The minimum Gasteiger partial charge on any atom is -0.394 e. The van der Waals surface area contributed by atoms with Gasteiger partial charge in [-0.05, 0) is 37.8 Å². The predicted molar refractivity (Wildman–Crippen MR) is 105 cm³/mol. The Bertz CT molecular complexity index is 579. The molecule has 27 heavy (non-hydrogen) atoms. The molecule has 0 aromatic heterocycles. The van der Waals surface area contributed by atoms with Gasteiger partial charge in [0.15, 0.2) is 0 Å². The lowest BCUT2D eigenvalue weighted by Crippen LogP contribution is -2.55. The first-order valence-electron chi connectivity index (χ1n) is 10.2. The van der Waals surface area contributed by atoms with Crippen LogP contribution < -0.4 is 5.32 Å². The van der Waals surface area contributed by atoms with Crippen LogP contribution in [0.1, 0.15) is 31.2 Å². The van der Waals surface area contributed by atoms with E-state index in [4.69, 9.17) is 9.84 Å². The van der Waals surface area contributed by atoms with Crippen molar-refractivity contribution in [3.63, 3.8) is 0 Å². The van der Waals surface area contributed by atoms with E-state index in [1.165, 1.54) is 24.8 Å². The molecule has 6 heteroatoms. The molecule has 1 unspecified atom stereocenters. The summed E-state index contributed by atoms with van der Waals surface area (Å²) in [4.78, 5) is 17.1. The van der Waals surface area contributed by atoms with E-state index in [1.807, 2.05) is 4.90 Å². The fourth-order valence-electron chi connectivity index (χ4n) is 4.51. The summed E-state index contributed by atoms with van der Waals surface area (Å²) in [5.74, 6) is 0. The van der Waals surface area contributed by atoms with E-state index in [9.17, 15) is 4.79 Å². The number of piperidine rings is 2. The van der Waals surface area contributed by atoms with Crippen LogP contribution in [-0.4, -0.2) is 73.5 Å². The fourth-order valence-corrected chi connectivity index (χ4v) is 4.51. The van der Waals surface area contributed by atoms with Gasteiger partial charge in [-0.1, -0.05) is 30.3 Å². The zero-order chi connectivity index (χ0) is 19.0. The number of hydrogen-bond donors (Lipinski definition) is 2. The maximum atomic E-state index is 12.5. The summed E-state index contributed by atoms with van der Waals surface area (Å²) in [5.41, 5.74) is 1.60. The molecule has 0 bridgehead atoms. The largest absolute Gasteiger partial charge is 0.394 e. The van der Waals surface area contributed by atoms with Gasteiger partial charge in [0, 0.05) is 38.1 Å². The van der Waals surface area contributed by atoms with Crippen LogP contribution in [0.4, 0.5) is 4.79 Å². The van der Waals surface area contributed by atoms with Crippen LogP contribution in [0, 0.1) is 5.41 Å². The number of ether oxygens (including phenoxy) is 1. The van der Waals surface area contributed by atoms with Crippen molar-refractivity contribution < 1.29 is 14.6 Å². The highest BCUT2D eigenvalue weighted by molar-refractivity contribution is 5.74. The quantitative estimate of drug-likeness (QED) is 0.716. The number of nitrogens with zero attached hydrogens (tertiary/aromatic N) is 2. The molecule has 0 radical (unpaired) electrons. The number of hydrogen-bond acceptors (Lipinski definition) is 4. The first kappa shape index (κ1) is 20.1. The molecule has 6 nitrogen and oxygen atoms in total. The van der Waals surface area contributed by atoms with Gasteiger partial charge in [0.25, 0.3) is 0 Å². The summed E-state index contributed by atoms with van der Waals surface area (Å²) in [6.45, 7) is 6.17. The van der Waals surface area contributed by atoms with Crippen LogP contribution >= 0.6 is 0 Å². The maximum absolute atomic E-state index is 12.5. The van der Waals surface area contributed by atoms with Gasteiger partial charge in [-0.25, -0.2) is 4.79 Å². The number of benzene rings is 1. The van der Waals surface area contributed by atoms with E-state index in [0.717, 1.165) is 39.1 Å². The number of aliphatic hydroxyl groups is 1. The number of urea groups is 1. The molecule has 2 fully saturated rings. The molecule has 0 saturated carbocycles. The Morgan fingerprint density at radius 2 is 1.89 bits per heavy atom. The van der Waals surface area contributed by atoms with Crippen LogP contribution in [-0.2, 0) is 11.3 Å². The third-order valence-corrected chi connectivity index (χ3v) is 5.70. The van der Waals surface area contributed by atoms with Crippen molar-refractivity contribution in [3.05, 3.63) is 35.9 Å². The summed E-state index contributed by atoms with van der Waals surface area (Å²) in [5, 5.41) is 11.7. The normalized spacial score (nSPS) is 23.5. The number of aliphatic hydroxyl groups excluding tert-OH is 1. The number of likely N-dealkylation sites (tertiary alicyclic amines) is 2. The molecule has 2 N–H and O–H groups in total. The van der Waals surface area contributed by atoms with E-state index >= 15 is 0 Å². The van der Waals surface area contributed by atoms with Crippen LogP contribution in [0.15, 0.2) is 30.3 Å². The summed E-state index contributed by atoms with van der Waals surface area (Å²) in [6.07, 6.45) is 4.70. The second kappa shape index (κ2) is 10.1. The summed E-state index contributed by atoms with van der Waals surface area (Å²) in [6, 6.07) is 10.7. The number of rotatable bonds is 7. The van der Waals surface area contributed by atoms with Crippen LogP contribution in [0.5, 0.6) is 0 Å². The zero-order valence-electron chi connectivity index (χ0n) is 16.2. The minimum atomic E-state index is 0.0156. The Morgan fingerprint density at radius 1 is 1.11 bits per heavy atom. The molecule has 1 atom stereocenters. The Labute approximate surface area is 162 Å². The Balaban J connectivity index is 1.50. The molecule has 2 heterocycles. The lowest BCUT2D eigenvalue weighted by Gasteiger charge is -2.48. The SMILES string of the molecule is O=C(NCCOCCO)N1CCCC2(CCCN(Cc3ccccc3)C2)C1. The van der Waals surface area contributed by atoms with E-state index in [-0.39, 0.29) is 18.1 Å². The third kappa shape index (κ3) is 5.92. The zero-order valence-corrected chi connectivity index (χ0v) is 16.2. The molecule has 1 aromatic carbocycles. The van der Waals surface area contributed by atoms with Gasteiger partial charge in [-0.2, -0.15) is 0 Å². The standard InChI is InChI=1S/C21H33N3O3/c25-13-15-27-14-10-22-20(26)24-12-5-9-21(18-24)8-4-11-23(17-21)16-19-6-2-1-3-7-19/h1-3,6-7,25H,4-5,8-18H2,(H,22,26). The number of amides is 2. The van der Waals surface area contributed by atoms with Crippen molar-refractivity contribution in [2.24, 2.45) is 5.41 Å². The highest BCUT2D eigenvalue weighted by atomic mass is 16.5. The average Bonchev–Trinajstić information content (AvgIpc) is 2.68. The van der Waals surface area contributed by atoms with E-state index in [2.05, 4.69) is 40.5 Å². The molecular formula is C21H33N3O3. The van der Waals surface area contributed by atoms with Gasteiger partial charge in [0.05, 0.1) is 19.8 Å². The molecule has 0 aliphatic carbocycles. The molecule has 2 aliphatic rings. The number of nitrogens with one attached hydrogen (secondary N) is 1. The summed E-state index contributed by atoms with van der Waals surface area (Å²) in [7, 11) is 0. The third-order valence-electron chi connectivity index (χ3n) is 5.70. The van der Waals surface area contributed by atoms with Gasteiger partial charge >= 0.3 is 6.03 Å². The second-order valence-electron chi connectivity index (χ2n) is 7.89. The smallest absolute Gasteiger partial charge is 0.317 e. The number of carbonyl (C=O) groups is 1. The Morgan fingerprint density at radius 3 is 2.67 bits per heavy atom. The van der Waals surface area contributed by atoms with Gasteiger partial charge < -0.3 is 20.1 Å². The maximum Gasteiger partial charge on any atom is 0.317 e. The van der Waals surface area contributed by atoms with Crippen molar-refractivity contribution >= 4 is 6.03 Å². The van der Waals surface area contributed by atoms with Gasteiger partial charge in [-0.3, -0.25) is 4.90 Å². The van der Waals surface area contributed by atoms with Gasteiger partial charge in [-0.15, -0.1) is 0 Å². The molecule has 3 rings (SSSR count). The molecule has 2 amide bonds. The van der Waals surface area contributed by atoms with Crippen molar-refractivity contribution in [1.29, 1.82) is 0 Å². The molecule has 150 valence electrons. The first-order chi connectivity index (χ1) is 13.2. The highest BCUT2D eigenvalue weighted by Crippen LogP contribution is 2.38. The molecular weight excluding hydrogens is 342 g/mol. The van der Waals surface area contributed by atoms with Gasteiger partial charge in [0.2, 0.25) is 0 Å². The van der Waals surface area contributed by atoms with Crippen molar-refractivity contribution in [3.8, 4) is 0 Å². The van der Waals surface area contributed by atoms with Crippen molar-refractivity contribution in [2.75, 3.05) is 52.5 Å². The first-order valence-corrected chi connectivity index (χ1v) is 10.2. The van der Waals surface area contributed by atoms with E-state index < -0.39 is 0 Å². The molecule has 2 saturated heterocycles. The van der Waals surface area contributed by atoms with Gasteiger partial charge in [0.1, 0.15) is 0 Å². The van der Waals surface area contributed by atoms with Crippen LogP contribution in [0.3, 0.4) is 0 Å². The lowest BCUT2D eigenvalue weighted by molar-refractivity contribution is 0.0229. The fraction of sp³-hybridized carbons (Fsp3) is 0.667. The highest BCUT2D eigenvalue weighted by Gasteiger charge is 2.40. The van der Waals surface area contributed by atoms with Crippen molar-refractivity contribution in [2.45, 2.75) is 32.2 Å². The Kier molecular flexibility index (Phi) is 7.50. The van der Waals surface area contributed by atoms with Crippen LogP contribution in [0.25, 0.3) is 0 Å². The monoisotopic (exact) mass is 375 g/mol. The molecule has 1 aromatic rings. The van der Waals surface area contributed by atoms with Crippen LogP contribution in [0.2, 0.25) is 0 Å². The van der Waals surface area contributed by atoms with E-state index in [1.54, 1.807) is 0 Å². The summed E-state index contributed by atoms with van der Waals surface area (Å²) < 4.78 is 5.21. The molecule has 1 spiro atoms. The Hall–Kier alpha value is -1.63. The van der Waals surface area contributed by atoms with E-state index in [0.29, 0.717) is 19.8 Å². The predicted octanol–water partition coefficient (Wildman–Crippen LogP) is 2.08. The average molecular weight is 376 g/mol. The number of carbonyl (C=O) groups excluding carboxylic acids is 1.